The third-order valence-corrected chi connectivity index (χ3v) is 3.96. The summed E-state index contributed by atoms with van der Waals surface area (Å²) < 4.78 is 5.51. The first-order valence-corrected chi connectivity index (χ1v) is 9.02. The van der Waals surface area contributed by atoms with Gasteiger partial charge in [0.2, 0.25) is 0 Å². The van der Waals surface area contributed by atoms with Crippen molar-refractivity contribution in [3.05, 3.63) is 59.7 Å². The van der Waals surface area contributed by atoms with Crippen molar-refractivity contribution in [3.8, 4) is 5.75 Å². The van der Waals surface area contributed by atoms with Crippen LogP contribution in [0.3, 0.4) is 0 Å². The minimum atomic E-state index is -0.307. The zero-order valence-electron chi connectivity index (χ0n) is 15.4. The van der Waals surface area contributed by atoms with Crippen molar-refractivity contribution >= 4 is 17.5 Å². The third-order valence-electron chi connectivity index (χ3n) is 3.96. The molecule has 0 aliphatic rings. The monoisotopic (exact) mass is 354 g/mol. The second kappa shape index (κ2) is 10.2. The maximum atomic E-state index is 12.3. The molecule has 5 heteroatoms. The van der Waals surface area contributed by atoms with E-state index in [2.05, 4.69) is 24.5 Å². The number of benzene rings is 2. The molecule has 0 unspecified atom stereocenters. The van der Waals surface area contributed by atoms with Crippen LogP contribution in [0.1, 0.15) is 42.6 Å². The molecule has 0 saturated heterocycles. The maximum absolute atomic E-state index is 12.3. The van der Waals surface area contributed by atoms with Crippen LogP contribution in [0.25, 0.3) is 0 Å². The average Bonchev–Trinajstić information content (AvgIpc) is 2.67. The number of hydrogen-bond acceptors (Lipinski definition) is 3. The summed E-state index contributed by atoms with van der Waals surface area (Å²) in [5.74, 6) is 0.145. The van der Waals surface area contributed by atoms with Crippen molar-refractivity contribution in [2.24, 2.45) is 0 Å². The number of rotatable bonds is 9. The molecule has 0 saturated carbocycles. The second-order valence-electron chi connectivity index (χ2n) is 5.99. The zero-order valence-corrected chi connectivity index (χ0v) is 15.4. The maximum Gasteiger partial charge on any atom is 0.262 e. The minimum Gasteiger partial charge on any atom is -0.484 e. The largest absolute Gasteiger partial charge is 0.484 e. The van der Waals surface area contributed by atoms with Crippen LogP contribution >= 0.6 is 0 Å². The summed E-state index contributed by atoms with van der Waals surface area (Å²) in [7, 11) is 0. The number of unbranched alkanes of at least 4 members (excludes halogenated alkanes) is 1. The Morgan fingerprint density at radius 2 is 1.73 bits per heavy atom. The van der Waals surface area contributed by atoms with Crippen molar-refractivity contribution in [2.75, 3.05) is 18.5 Å². The lowest BCUT2D eigenvalue weighted by Gasteiger charge is -2.12. The molecule has 0 fully saturated rings. The molecule has 2 aromatic carbocycles. The minimum absolute atomic E-state index is 0.114. The molecular weight excluding hydrogens is 328 g/mol. The van der Waals surface area contributed by atoms with Gasteiger partial charge in [-0.15, -0.1) is 0 Å². The molecule has 26 heavy (non-hydrogen) atoms. The van der Waals surface area contributed by atoms with Gasteiger partial charge in [0.1, 0.15) is 5.75 Å². The van der Waals surface area contributed by atoms with Gasteiger partial charge in [0.15, 0.2) is 6.61 Å². The number of para-hydroxylation sites is 1. The lowest BCUT2D eigenvalue weighted by Crippen LogP contribution is -2.27. The van der Waals surface area contributed by atoms with E-state index in [1.165, 1.54) is 5.56 Å². The van der Waals surface area contributed by atoms with Crippen molar-refractivity contribution in [1.29, 1.82) is 0 Å². The normalized spacial score (nSPS) is 10.2. The van der Waals surface area contributed by atoms with Gasteiger partial charge in [0.25, 0.3) is 11.8 Å². The Balaban J connectivity index is 1.92. The molecule has 2 N–H and O–H groups in total. The lowest BCUT2D eigenvalue weighted by atomic mass is 10.1. The topological polar surface area (TPSA) is 67.4 Å². The molecule has 0 atom stereocenters. The highest BCUT2D eigenvalue weighted by atomic mass is 16.5. The van der Waals surface area contributed by atoms with Gasteiger partial charge in [0.05, 0.1) is 11.3 Å². The van der Waals surface area contributed by atoms with Crippen LogP contribution in [0.4, 0.5) is 5.69 Å². The zero-order chi connectivity index (χ0) is 18.8. The molecule has 5 nitrogen and oxygen atoms in total. The number of ether oxygens (including phenoxy) is 1. The highest BCUT2D eigenvalue weighted by Crippen LogP contribution is 2.16. The highest BCUT2D eigenvalue weighted by molar-refractivity contribution is 6.04. The molecule has 0 bridgehead atoms. The number of nitrogens with one attached hydrogen (secondary N) is 2. The number of anilines is 1. The summed E-state index contributed by atoms with van der Waals surface area (Å²) in [6.07, 6.45) is 2.89. The van der Waals surface area contributed by atoms with Crippen LogP contribution in [0, 0.1) is 0 Å². The van der Waals surface area contributed by atoms with Gasteiger partial charge >= 0.3 is 0 Å². The van der Waals surface area contributed by atoms with Gasteiger partial charge < -0.3 is 15.4 Å². The van der Waals surface area contributed by atoms with E-state index in [1.54, 1.807) is 24.3 Å². The Hall–Kier alpha value is -2.82. The fourth-order valence-corrected chi connectivity index (χ4v) is 2.42. The Morgan fingerprint density at radius 1 is 1.00 bits per heavy atom. The SMILES string of the molecule is CCCCNC(=O)c1ccccc1NC(=O)COc1ccc(CC)cc1. The summed E-state index contributed by atoms with van der Waals surface area (Å²) in [6, 6.07) is 14.6. The second-order valence-corrected chi connectivity index (χ2v) is 5.99. The molecule has 0 spiro atoms. The molecule has 0 aliphatic heterocycles. The lowest BCUT2D eigenvalue weighted by molar-refractivity contribution is -0.118. The summed E-state index contributed by atoms with van der Waals surface area (Å²) in [5, 5.41) is 5.61. The molecule has 0 heterocycles. The van der Waals surface area contributed by atoms with Gasteiger partial charge in [-0.1, -0.05) is 44.5 Å². The van der Waals surface area contributed by atoms with Gasteiger partial charge in [-0.2, -0.15) is 0 Å². The first kappa shape index (κ1) is 19.5. The van der Waals surface area contributed by atoms with E-state index in [4.69, 9.17) is 4.74 Å². The number of hydrogen-bond donors (Lipinski definition) is 2. The molecule has 2 aromatic rings. The van der Waals surface area contributed by atoms with E-state index >= 15 is 0 Å². The molecule has 0 aromatic heterocycles. The third kappa shape index (κ3) is 5.92. The van der Waals surface area contributed by atoms with E-state index in [9.17, 15) is 9.59 Å². The van der Waals surface area contributed by atoms with Gasteiger partial charge in [0, 0.05) is 6.54 Å². The predicted molar refractivity (Wildman–Crippen MR) is 104 cm³/mol. The van der Waals surface area contributed by atoms with Crippen LogP contribution in [-0.2, 0) is 11.2 Å². The van der Waals surface area contributed by atoms with E-state index < -0.39 is 0 Å². The summed E-state index contributed by atoms with van der Waals surface area (Å²) in [4.78, 5) is 24.4. The fraction of sp³-hybridized carbons (Fsp3) is 0.333. The van der Waals surface area contributed by atoms with Crippen LogP contribution in [0.15, 0.2) is 48.5 Å². The molecule has 0 radical (unpaired) electrons. The number of amides is 2. The number of carbonyl (C=O) groups excluding carboxylic acids is 2. The summed E-state index contributed by atoms with van der Waals surface area (Å²) in [5.41, 5.74) is 2.14. The van der Waals surface area contributed by atoms with Crippen LogP contribution in [0.5, 0.6) is 5.75 Å². The van der Waals surface area contributed by atoms with Crippen molar-refractivity contribution in [2.45, 2.75) is 33.1 Å². The summed E-state index contributed by atoms with van der Waals surface area (Å²) in [6.45, 7) is 4.65. The Kier molecular flexibility index (Phi) is 7.68. The number of carbonyl (C=O) groups is 2. The standard InChI is InChI=1S/C21H26N2O3/c1-3-5-14-22-21(25)18-8-6-7-9-19(18)23-20(24)15-26-17-12-10-16(4-2)11-13-17/h6-13H,3-5,14-15H2,1-2H3,(H,22,25)(H,23,24). The average molecular weight is 354 g/mol. The van der Waals surface area contributed by atoms with Gasteiger partial charge in [-0.25, -0.2) is 0 Å². The van der Waals surface area contributed by atoms with Crippen molar-refractivity contribution in [3.63, 3.8) is 0 Å². The van der Waals surface area contributed by atoms with Gasteiger partial charge in [-0.3, -0.25) is 9.59 Å². The molecular formula is C21H26N2O3. The van der Waals surface area contributed by atoms with Crippen LogP contribution < -0.4 is 15.4 Å². The summed E-state index contributed by atoms with van der Waals surface area (Å²) >= 11 is 0. The van der Waals surface area contributed by atoms with E-state index in [0.29, 0.717) is 23.5 Å². The first-order valence-electron chi connectivity index (χ1n) is 9.02. The molecule has 0 aliphatic carbocycles. The van der Waals surface area contributed by atoms with Crippen molar-refractivity contribution < 1.29 is 14.3 Å². The molecule has 2 amide bonds. The number of aryl methyl sites for hydroxylation is 1. The van der Waals surface area contributed by atoms with Crippen LogP contribution in [-0.4, -0.2) is 25.0 Å². The fourth-order valence-electron chi connectivity index (χ4n) is 2.42. The highest BCUT2D eigenvalue weighted by Gasteiger charge is 2.13. The van der Waals surface area contributed by atoms with E-state index in [-0.39, 0.29) is 18.4 Å². The smallest absolute Gasteiger partial charge is 0.262 e. The van der Waals surface area contributed by atoms with Crippen LogP contribution in [0.2, 0.25) is 0 Å². The van der Waals surface area contributed by atoms with Gasteiger partial charge in [-0.05, 0) is 42.7 Å². The van der Waals surface area contributed by atoms with Crippen molar-refractivity contribution in [1.82, 2.24) is 5.32 Å². The predicted octanol–water partition coefficient (Wildman–Crippen LogP) is 3.80. The quantitative estimate of drug-likeness (QED) is 0.673. The first-order chi connectivity index (χ1) is 12.6. The Bertz CT molecular complexity index is 726. The Labute approximate surface area is 154 Å². The molecule has 2 rings (SSSR count). The Morgan fingerprint density at radius 3 is 2.42 bits per heavy atom. The van der Waals surface area contributed by atoms with E-state index in [1.807, 2.05) is 24.3 Å². The van der Waals surface area contributed by atoms with E-state index in [0.717, 1.165) is 19.3 Å². The molecule has 138 valence electrons.